The van der Waals surface area contributed by atoms with Crippen molar-refractivity contribution >= 4 is 77.4 Å². The molecule has 3 atom stereocenters. The lowest BCUT2D eigenvalue weighted by Crippen LogP contribution is -2.04. The second kappa shape index (κ2) is 23.7. The fourth-order valence-electron chi connectivity index (χ4n) is 0.146. The van der Waals surface area contributed by atoms with Gasteiger partial charge in [0.15, 0.2) is 0 Å². The molecule has 0 aliphatic rings. The third-order valence-corrected chi connectivity index (χ3v) is 3.57. The normalized spacial score (nSPS) is 13.9. The Hall–Kier alpha value is 1.73. The van der Waals surface area contributed by atoms with Crippen molar-refractivity contribution in [3.05, 3.63) is 0 Å². The van der Waals surface area contributed by atoms with E-state index in [1.54, 1.807) is 0 Å². The molecule has 0 radical (unpaired) electrons. The smallest absolute Gasteiger partial charge is 0.395 e. The molecule has 0 saturated heterocycles. The Morgan fingerprint density at radius 2 is 0.783 bits per heavy atom. The molecule has 0 heterocycles. The third kappa shape index (κ3) is 59.4. The predicted octanol–water partition coefficient (Wildman–Crippen LogP) is 1.55. The average Bonchev–Trinajstić information content (AvgIpc) is 2.51. The molecule has 7 nitrogen and oxygen atoms in total. The minimum atomic E-state index is -4.64. The van der Waals surface area contributed by atoms with Crippen LogP contribution >= 0.6 is 77.4 Å². The Labute approximate surface area is 165 Å². The van der Waals surface area contributed by atoms with Gasteiger partial charge >= 0.3 is 7.82 Å². The van der Waals surface area contributed by atoms with E-state index in [1.165, 1.54) is 0 Å². The number of hydrogen-bond donors (Lipinski definition) is 6. The summed E-state index contributed by atoms with van der Waals surface area (Å²) in [5.74, 6) is 0.953. The summed E-state index contributed by atoms with van der Waals surface area (Å²) >= 11 is 31.3. The molecule has 14 heteroatoms. The Morgan fingerprint density at radius 3 is 0.783 bits per heavy atom. The van der Waals surface area contributed by atoms with E-state index < -0.39 is 7.82 Å². The summed E-state index contributed by atoms with van der Waals surface area (Å²) in [6.45, 7) is -0.110. The van der Waals surface area contributed by atoms with Gasteiger partial charge < -0.3 is 30.0 Å². The van der Waals surface area contributed by atoms with Crippen molar-refractivity contribution in [3.63, 3.8) is 0 Å². The Morgan fingerprint density at radius 1 is 0.652 bits per heavy atom. The summed E-state index contributed by atoms with van der Waals surface area (Å²) in [6, 6.07) is 0. The quantitative estimate of drug-likeness (QED) is 0.248. The zero-order valence-electron chi connectivity index (χ0n) is 11.8. The van der Waals surface area contributed by atoms with Gasteiger partial charge in [-0.25, -0.2) is 4.57 Å². The van der Waals surface area contributed by atoms with E-state index in [-0.39, 0.29) is 36.0 Å². The number of halogens is 6. The molecule has 0 aromatic carbocycles. The van der Waals surface area contributed by atoms with Crippen molar-refractivity contribution in [2.45, 2.75) is 16.1 Å². The number of aliphatic hydroxyl groups excluding tert-OH is 3. The summed E-state index contributed by atoms with van der Waals surface area (Å²) in [6.07, 6.45) is 0. The van der Waals surface area contributed by atoms with E-state index in [0.29, 0.717) is 17.6 Å². The average molecular weight is 485 g/mol. The summed E-state index contributed by atoms with van der Waals surface area (Å²) in [4.78, 5) is 21.6. The molecule has 0 bridgehead atoms. The molecule has 0 aliphatic carbocycles. The van der Waals surface area contributed by atoms with Crippen molar-refractivity contribution in [2.24, 2.45) is 0 Å². The van der Waals surface area contributed by atoms with Gasteiger partial charge in [0.25, 0.3) is 0 Å². The molecule has 6 N–H and O–H groups in total. The first-order valence-corrected chi connectivity index (χ1v) is 10.1. The molecule has 0 saturated carbocycles. The Kier molecular flexibility index (Phi) is 33.4. The molecule has 0 aromatic heterocycles. The van der Waals surface area contributed by atoms with Crippen LogP contribution in [0.1, 0.15) is 0 Å². The van der Waals surface area contributed by atoms with Crippen LogP contribution in [-0.4, -0.2) is 83.6 Å². The van der Waals surface area contributed by atoms with Crippen molar-refractivity contribution in [1.82, 2.24) is 0 Å². The number of phosphoric acid groups is 1. The monoisotopic (exact) mass is 482 g/mol. The van der Waals surface area contributed by atoms with Gasteiger partial charge in [-0.05, 0) is 0 Å². The lowest BCUT2D eigenvalue weighted by atomic mass is 10.5. The molecule has 0 amide bonds. The molecule has 0 aliphatic heterocycles. The summed E-state index contributed by atoms with van der Waals surface area (Å²) in [5.41, 5.74) is 0. The first-order valence-electron chi connectivity index (χ1n) is 5.64. The first-order chi connectivity index (χ1) is 10.4. The highest BCUT2D eigenvalue weighted by atomic mass is 35.5. The van der Waals surface area contributed by atoms with Crippen molar-refractivity contribution in [2.75, 3.05) is 37.5 Å². The van der Waals surface area contributed by atoms with Crippen molar-refractivity contribution < 1.29 is 34.6 Å². The van der Waals surface area contributed by atoms with Gasteiger partial charge in [0.2, 0.25) is 0 Å². The third-order valence-electron chi connectivity index (χ3n) is 1.10. The standard InChI is InChI=1S/3C3H6Cl2O.H3O4P/c3*4-1-3(5)2-6;1-5(2,3)4/h3*3,6H,1-2H2;(H3,1,2,3,4). The van der Waals surface area contributed by atoms with Crippen molar-refractivity contribution in [3.8, 4) is 0 Å². The van der Waals surface area contributed by atoms with Crippen LogP contribution < -0.4 is 0 Å². The molecule has 0 spiro atoms. The number of hydrogen-bond acceptors (Lipinski definition) is 4. The van der Waals surface area contributed by atoms with E-state index in [9.17, 15) is 0 Å². The topological polar surface area (TPSA) is 138 Å². The van der Waals surface area contributed by atoms with Gasteiger partial charge in [0.05, 0.1) is 36.0 Å². The maximum atomic E-state index is 8.88. The summed E-state index contributed by atoms with van der Waals surface area (Å²) in [7, 11) is -4.64. The zero-order valence-corrected chi connectivity index (χ0v) is 17.2. The van der Waals surface area contributed by atoms with E-state index in [4.69, 9.17) is 104 Å². The van der Waals surface area contributed by atoms with Gasteiger partial charge in [-0.15, -0.1) is 69.6 Å². The second-order valence-corrected chi connectivity index (χ2v) is 7.12. The SMILES string of the molecule is O=P(O)(O)O.OCC(Cl)CCl.OCC(Cl)CCl.OCC(Cl)CCl. The largest absolute Gasteiger partial charge is 0.466 e. The van der Waals surface area contributed by atoms with Crippen LogP contribution in [-0.2, 0) is 4.57 Å². The molecule has 0 rings (SSSR count). The lowest BCUT2D eigenvalue weighted by Gasteiger charge is -1.93. The highest BCUT2D eigenvalue weighted by Crippen LogP contribution is 2.25. The Bertz CT molecular complexity index is 217. The van der Waals surface area contributed by atoms with Gasteiger partial charge in [0.1, 0.15) is 0 Å². The minimum absolute atomic E-state index is 0.0367. The van der Waals surface area contributed by atoms with Gasteiger partial charge in [-0.1, -0.05) is 0 Å². The number of rotatable bonds is 6. The van der Waals surface area contributed by atoms with E-state index >= 15 is 0 Å². The van der Waals surface area contributed by atoms with Crippen LogP contribution in [0.4, 0.5) is 0 Å². The molecule has 23 heavy (non-hydrogen) atoms. The van der Waals surface area contributed by atoms with Gasteiger partial charge in [0, 0.05) is 17.6 Å². The first kappa shape index (κ1) is 32.4. The zero-order chi connectivity index (χ0) is 19.5. The van der Waals surface area contributed by atoms with Gasteiger partial charge in [-0.3, -0.25) is 0 Å². The second-order valence-electron chi connectivity index (χ2n) is 3.32. The fourth-order valence-corrected chi connectivity index (χ4v) is 0.439. The van der Waals surface area contributed by atoms with Crippen LogP contribution in [0.3, 0.4) is 0 Å². The maximum Gasteiger partial charge on any atom is 0.466 e. The van der Waals surface area contributed by atoms with Crippen LogP contribution in [0, 0.1) is 0 Å². The van der Waals surface area contributed by atoms with Crippen LogP contribution in [0.2, 0.25) is 0 Å². The van der Waals surface area contributed by atoms with Gasteiger partial charge in [-0.2, -0.15) is 0 Å². The molecule has 0 aromatic rings. The molecule has 146 valence electrons. The molecule has 3 unspecified atom stereocenters. The van der Waals surface area contributed by atoms with Crippen LogP contribution in [0.5, 0.6) is 0 Å². The molecule has 0 fully saturated rings. The molecular weight excluding hydrogens is 464 g/mol. The fraction of sp³-hybridized carbons (Fsp3) is 1.00. The predicted molar refractivity (Wildman–Crippen MR) is 96.6 cm³/mol. The highest BCUT2D eigenvalue weighted by molar-refractivity contribution is 7.45. The van der Waals surface area contributed by atoms with E-state index in [1.807, 2.05) is 0 Å². The van der Waals surface area contributed by atoms with E-state index in [2.05, 4.69) is 0 Å². The minimum Gasteiger partial charge on any atom is -0.395 e. The van der Waals surface area contributed by atoms with Crippen LogP contribution in [0.25, 0.3) is 0 Å². The van der Waals surface area contributed by atoms with Crippen molar-refractivity contribution in [1.29, 1.82) is 0 Å². The highest BCUT2D eigenvalue weighted by Gasteiger charge is 2.00. The number of alkyl halides is 6. The number of aliphatic hydroxyl groups is 3. The summed E-state index contributed by atoms with van der Waals surface area (Å²) in [5, 5.41) is 23.5. The lowest BCUT2D eigenvalue weighted by molar-refractivity contribution is 0.275. The molecular formula is C9H21Cl6O7P. The summed E-state index contributed by atoms with van der Waals surface area (Å²) < 4.78 is 8.88. The Balaban J connectivity index is -0.000000105. The maximum absolute atomic E-state index is 8.88. The van der Waals surface area contributed by atoms with E-state index in [0.717, 1.165) is 0 Å². The van der Waals surface area contributed by atoms with Crippen LogP contribution in [0.15, 0.2) is 0 Å².